The van der Waals surface area contributed by atoms with E-state index in [2.05, 4.69) is 66.3 Å². The van der Waals surface area contributed by atoms with Crippen molar-refractivity contribution in [3.8, 4) is 5.75 Å². The number of hydrogen-bond donors (Lipinski definition) is 0. The van der Waals surface area contributed by atoms with Gasteiger partial charge in [-0.3, -0.25) is 4.90 Å². The third-order valence-corrected chi connectivity index (χ3v) is 6.97. The van der Waals surface area contributed by atoms with Crippen molar-refractivity contribution in [3.05, 3.63) is 118 Å². The molecule has 4 nitrogen and oxygen atoms in total. The highest BCUT2D eigenvalue weighted by Crippen LogP contribution is 2.31. The fourth-order valence-electron chi connectivity index (χ4n) is 4.60. The Morgan fingerprint density at radius 1 is 1.07 bits per heavy atom. The number of imidazole rings is 1. The molecule has 0 saturated carbocycles. The van der Waals surface area contributed by atoms with Gasteiger partial charge in [-0.1, -0.05) is 79.2 Å². The number of rotatable bonds is 11. The number of halogens is 3. The summed E-state index contributed by atoms with van der Waals surface area (Å²) < 4.78 is 19.8. The molecular weight excluding hydrogens is 544 g/mol. The summed E-state index contributed by atoms with van der Waals surface area (Å²) in [7, 11) is 0. The van der Waals surface area contributed by atoms with Crippen LogP contribution in [0.2, 0.25) is 10.0 Å². The third kappa shape index (κ3) is 8.69. The van der Waals surface area contributed by atoms with Gasteiger partial charge in [0.05, 0.1) is 13.2 Å². The van der Waals surface area contributed by atoms with Crippen LogP contribution in [0.4, 0.5) is 4.39 Å². The number of nitrogens with zero attached hydrogens (tertiary/aromatic N) is 3. The molecule has 1 heterocycles. The van der Waals surface area contributed by atoms with Crippen molar-refractivity contribution >= 4 is 34.0 Å². The van der Waals surface area contributed by atoms with E-state index in [1.54, 1.807) is 13.0 Å². The second kappa shape index (κ2) is 15.6. The minimum atomic E-state index is -0.391. The third-order valence-electron chi connectivity index (χ3n) is 6.39. The number of hydrogen-bond acceptors (Lipinski definition) is 3. The van der Waals surface area contributed by atoms with Crippen LogP contribution in [0.1, 0.15) is 49.8 Å². The average Bonchev–Trinajstić information content (AvgIpc) is 3.26. The van der Waals surface area contributed by atoms with Crippen LogP contribution in [0.15, 0.2) is 85.4 Å². The van der Waals surface area contributed by atoms with Gasteiger partial charge >= 0.3 is 0 Å². The number of aromatic nitrogens is 2. The Hall–Kier alpha value is -3.12. The van der Waals surface area contributed by atoms with Gasteiger partial charge in [0.2, 0.25) is 0 Å². The average molecular weight is 583 g/mol. The predicted molar refractivity (Wildman–Crippen MR) is 167 cm³/mol. The molecule has 4 rings (SSSR count). The van der Waals surface area contributed by atoms with Crippen molar-refractivity contribution in [2.75, 3.05) is 6.61 Å². The molecule has 7 heteroatoms. The molecule has 0 saturated heterocycles. The highest BCUT2D eigenvalue weighted by atomic mass is 35.5. The maximum absolute atomic E-state index is 11.4. The minimum absolute atomic E-state index is 0.391. The van der Waals surface area contributed by atoms with Crippen LogP contribution in [0.3, 0.4) is 0 Å². The molecular formula is C33H38Cl2FN3O. The van der Waals surface area contributed by atoms with Gasteiger partial charge in [-0.2, -0.15) is 0 Å². The highest BCUT2D eigenvalue weighted by molar-refractivity contribution is 6.35. The number of benzene rings is 3. The Kier molecular flexibility index (Phi) is 12.3. The smallest absolute Gasteiger partial charge is 0.124 e. The maximum Gasteiger partial charge on any atom is 0.124 e. The summed E-state index contributed by atoms with van der Waals surface area (Å²) in [6.45, 7) is 14.7. The van der Waals surface area contributed by atoms with Crippen LogP contribution in [0.5, 0.6) is 5.75 Å². The Labute approximate surface area is 247 Å². The van der Waals surface area contributed by atoms with E-state index in [0.29, 0.717) is 36.3 Å². The molecule has 0 radical (unpaired) electrons. The lowest BCUT2D eigenvalue weighted by atomic mass is 10.0. The summed E-state index contributed by atoms with van der Waals surface area (Å²) in [6.07, 6.45) is 5.93. The molecule has 40 heavy (non-hydrogen) atoms. The first kappa shape index (κ1) is 31.4. The van der Waals surface area contributed by atoms with Gasteiger partial charge in [-0.25, -0.2) is 9.37 Å². The Balaban J connectivity index is 0.000000663. The first-order valence-corrected chi connectivity index (χ1v) is 14.3. The molecule has 4 aromatic rings. The first-order chi connectivity index (χ1) is 19.3. The molecule has 212 valence electrons. The van der Waals surface area contributed by atoms with E-state index in [1.807, 2.05) is 31.3 Å². The standard InChI is InChI=1S/C28H31Cl2N3O.C5H7F/c1-4-14-33-20(3)16-31-28(33)19-32(17-22-10-12-23(29)15-26(22)30)18-25-24-9-7-6-8-21(24)11-13-27(25)34-5-2;1-3-4-5(2)6/h6-13,15-16H,4-5,14,17-19H2,1-3H3;3-4H,2H2,1H3/b;4-3-. The van der Waals surface area contributed by atoms with E-state index in [-0.39, 0.29) is 0 Å². The molecule has 0 amide bonds. The van der Waals surface area contributed by atoms with Crippen LogP contribution in [0, 0.1) is 6.92 Å². The molecule has 0 N–H and O–H groups in total. The van der Waals surface area contributed by atoms with Crippen molar-refractivity contribution in [1.82, 2.24) is 14.5 Å². The van der Waals surface area contributed by atoms with Gasteiger partial charge in [0, 0.05) is 47.1 Å². The lowest BCUT2D eigenvalue weighted by Crippen LogP contribution is -2.25. The van der Waals surface area contributed by atoms with E-state index < -0.39 is 5.83 Å². The second-order valence-corrected chi connectivity index (χ2v) is 10.3. The molecule has 0 aliphatic rings. The van der Waals surface area contributed by atoms with E-state index in [1.165, 1.54) is 28.1 Å². The van der Waals surface area contributed by atoms with Gasteiger partial charge in [0.25, 0.3) is 0 Å². The lowest BCUT2D eigenvalue weighted by Gasteiger charge is -2.25. The summed E-state index contributed by atoms with van der Waals surface area (Å²) in [5.74, 6) is 1.58. The van der Waals surface area contributed by atoms with Crippen molar-refractivity contribution in [3.63, 3.8) is 0 Å². The molecule has 3 aromatic carbocycles. The van der Waals surface area contributed by atoms with Crippen LogP contribution < -0.4 is 4.74 Å². The minimum Gasteiger partial charge on any atom is -0.494 e. The Bertz CT molecular complexity index is 1450. The summed E-state index contributed by atoms with van der Waals surface area (Å²) in [4.78, 5) is 7.13. The van der Waals surface area contributed by atoms with E-state index >= 15 is 0 Å². The monoisotopic (exact) mass is 581 g/mol. The van der Waals surface area contributed by atoms with Crippen molar-refractivity contribution < 1.29 is 9.13 Å². The van der Waals surface area contributed by atoms with Crippen LogP contribution in [0.25, 0.3) is 10.8 Å². The van der Waals surface area contributed by atoms with Crippen LogP contribution >= 0.6 is 23.2 Å². The molecule has 0 spiro atoms. The molecule has 0 fully saturated rings. The Morgan fingerprint density at radius 2 is 1.85 bits per heavy atom. The van der Waals surface area contributed by atoms with Crippen LogP contribution in [-0.4, -0.2) is 21.1 Å². The summed E-state index contributed by atoms with van der Waals surface area (Å²) in [5, 5.41) is 3.72. The molecule has 0 unspecified atom stereocenters. The number of allylic oxidation sites excluding steroid dienone is 3. The fraction of sp³-hybridized carbons (Fsp3) is 0.303. The maximum atomic E-state index is 11.4. The lowest BCUT2D eigenvalue weighted by molar-refractivity contribution is 0.232. The van der Waals surface area contributed by atoms with E-state index in [9.17, 15) is 4.39 Å². The Morgan fingerprint density at radius 3 is 2.50 bits per heavy atom. The SMILES string of the molecule is C=C(F)/C=C\C.CCCn1c(C)cnc1CN(Cc1ccc(Cl)cc1Cl)Cc1c(OCC)ccc2ccccc12. The van der Waals surface area contributed by atoms with Crippen molar-refractivity contribution in [2.24, 2.45) is 0 Å². The van der Waals surface area contributed by atoms with Gasteiger partial charge in [0.15, 0.2) is 0 Å². The van der Waals surface area contributed by atoms with Gasteiger partial charge in [-0.15, -0.1) is 0 Å². The number of fused-ring (bicyclic) bond motifs is 1. The molecule has 0 aliphatic heterocycles. The van der Waals surface area contributed by atoms with E-state index in [4.69, 9.17) is 32.9 Å². The fourth-order valence-corrected chi connectivity index (χ4v) is 5.07. The van der Waals surface area contributed by atoms with E-state index in [0.717, 1.165) is 30.1 Å². The predicted octanol–water partition coefficient (Wildman–Crippen LogP) is 9.71. The van der Waals surface area contributed by atoms with Gasteiger partial charge < -0.3 is 9.30 Å². The summed E-state index contributed by atoms with van der Waals surface area (Å²) in [6, 6.07) is 18.4. The second-order valence-electron chi connectivity index (χ2n) is 9.49. The largest absolute Gasteiger partial charge is 0.494 e. The van der Waals surface area contributed by atoms with Crippen molar-refractivity contribution in [2.45, 2.75) is 60.3 Å². The zero-order valence-corrected chi connectivity index (χ0v) is 25.3. The summed E-state index contributed by atoms with van der Waals surface area (Å²) >= 11 is 12.7. The van der Waals surface area contributed by atoms with Gasteiger partial charge in [0.1, 0.15) is 17.4 Å². The number of aryl methyl sites for hydroxylation is 1. The quantitative estimate of drug-likeness (QED) is 0.165. The normalized spacial score (nSPS) is 11.2. The van der Waals surface area contributed by atoms with Gasteiger partial charge in [-0.05, 0) is 67.8 Å². The molecule has 1 aromatic heterocycles. The van der Waals surface area contributed by atoms with Crippen molar-refractivity contribution in [1.29, 1.82) is 0 Å². The zero-order valence-electron chi connectivity index (χ0n) is 23.8. The summed E-state index contributed by atoms with van der Waals surface area (Å²) in [5.41, 5.74) is 3.39. The molecule has 0 atom stereocenters. The topological polar surface area (TPSA) is 30.3 Å². The zero-order chi connectivity index (χ0) is 29.1. The molecule has 0 aliphatic carbocycles. The molecule has 0 bridgehead atoms. The highest BCUT2D eigenvalue weighted by Gasteiger charge is 2.18. The number of ether oxygens (including phenoxy) is 1. The van der Waals surface area contributed by atoms with Crippen LogP contribution in [-0.2, 0) is 26.2 Å². The first-order valence-electron chi connectivity index (χ1n) is 13.5.